The van der Waals surface area contributed by atoms with E-state index in [1.54, 1.807) is 0 Å². The Morgan fingerprint density at radius 3 is 2.50 bits per heavy atom. The van der Waals surface area contributed by atoms with Gasteiger partial charge in [-0.25, -0.2) is 0 Å². The monoisotopic (exact) mass is 218 g/mol. The molecule has 0 aliphatic heterocycles. The highest BCUT2D eigenvalue weighted by Gasteiger charge is 2.04. The Labute approximate surface area is 96.9 Å². The van der Waals surface area contributed by atoms with Gasteiger partial charge in [-0.2, -0.15) is 0 Å². The van der Waals surface area contributed by atoms with E-state index in [1.165, 1.54) is 0 Å². The van der Waals surface area contributed by atoms with Crippen LogP contribution in [0.15, 0.2) is 36.4 Å². The third kappa shape index (κ3) is 4.41. The predicted octanol–water partition coefficient (Wildman–Crippen LogP) is 3.16. The van der Waals surface area contributed by atoms with Crippen LogP contribution in [0.25, 0.3) is 0 Å². The molecule has 1 rings (SSSR count). The Kier molecular flexibility index (Phi) is 4.93. The highest BCUT2D eigenvalue weighted by molar-refractivity contribution is 5.97. The van der Waals surface area contributed by atoms with Gasteiger partial charge in [0, 0.05) is 5.56 Å². The molecule has 0 heterocycles. The van der Waals surface area contributed by atoms with Crippen LogP contribution >= 0.6 is 0 Å². The van der Waals surface area contributed by atoms with Crippen LogP contribution in [-0.2, 0) is 4.74 Å². The van der Waals surface area contributed by atoms with E-state index in [4.69, 9.17) is 4.74 Å². The van der Waals surface area contributed by atoms with E-state index in [-0.39, 0.29) is 12.4 Å². The van der Waals surface area contributed by atoms with Crippen molar-refractivity contribution in [3.05, 3.63) is 47.5 Å². The number of hydrogen-bond donors (Lipinski definition) is 0. The maximum atomic E-state index is 11.7. The lowest BCUT2D eigenvalue weighted by Gasteiger charge is -2.04. The average molecular weight is 218 g/mol. The molecule has 1 aromatic rings. The zero-order valence-electron chi connectivity index (χ0n) is 9.95. The molecule has 0 aromatic heterocycles. The number of aryl methyl sites for hydroxylation is 1. The highest BCUT2D eigenvalue weighted by Crippen LogP contribution is 2.04. The van der Waals surface area contributed by atoms with Gasteiger partial charge in [0.1, 0.15) is 6.61 Å². The second-order valence-electron chi connectivity index (χ2n) is 4.05. The van der Waals surface area contributed by atoms with Crippen molar-refractivity contribution in [3.8, 4) is 0 Å². The summed E-state index contributed by atoms with van der Waals surface area (Å²) < 4.78 is 5.28. The minimum Gasteiger partial charge on any atom is -0.373 e. The molecule has 0 unspecified atom stereocenters. The molecule has 0 aliphatic rings. The molecular weight excluding hydrogens is 200 g/mol. The fourth-order valence-corrected chi connectivity index (χ4v) is 1.23. The van der Waals surface area contributed by atoms with Gasteiger partial charge in [0.05, 0.1) is 6.61 Å². The number of rotatable bonds is 6. The molecule has 0 fully saturated rings. The standard InChI is InChI=1S/C14H18O2/c1-11(2)8-9-16-10-14(15)13-6-4-12(3)5-7-13/h4-7H,1,8-10H2,2-3H3. The Morgan fingerprint density at radius 1 is 1.31 bits per heavy atom. The fraction of sp³-hybridized carbons (Fsp3) is 0.357. The maximum Gasteiger partial charge on any atom is 0.188 e. The third-order valence-electron chi connectivity index (χ3n) is 2.28. The van der Waals surface area contributed by atoms with E-state index in [0.29, 0.717) is 12.2 Å². The average Bonchev–Trinajstić information content (AvgIpc) is 2.25. The molecular formula is C14H18O2. The maximum absolute atomic E-state index is 11.7. The van der Waals surface area contributed by atoms with Gasteiger partial charge in [-0.1, -0.05) is 35.4 Å². The first-order chi connectivity index (χ1) is 7.59. The van der Waals surface area contributed by atoms with Crippen LogP contribution in [0.5, 0.6) is 0 Å². The minimum absolute atomic E-state index is 0.0294. The van der Waals surface area contributed by atoms with Crippen molar-refractivity contribution in [2.75, 3.05) is 13.2 Å². The molecule has 0 spiro atoms. The number of hydrogen-bond acceptors (Lipinski definition) is 2. The van der Waals surface area contributed by atoms with Crippen LogP contribution in [-0.4, -0.2) is 19.0 Å². The number of benzene rings is 1. The molecule has 0 radical (unpaired) electrons. The topological polar surface area (TPSA) is 26.3 Å². The van der Waals surface area contributed by atoms with E-state index in [9.17, 15) is 4.79 Å². The van der Waals surface area contributed by atoms with Gasteiger partial charge < -0.3 is 4.74 Å². The van der Waals surface area contributed by atoms with Crippen molar-refractivity contribution < 1.29 is 9.53 Å². The molecule has 0 atom stereocenters. The Bertz CT molecular complexity index is 363. The molecule has 16 heavy (non-hydrogen) atoms. The second kappa shape index (κ2) is 6.23. The number of carbonyl (C=O) groups is 1. The van der Waals surface area contributed by atoms with Crippen LogP contribution in [0.2, 0.25) is 0 Å². The van der Waals surface area contributed by atoms with Crippen LogP contribution in [0, 0.1) is 6.92 Å². The largest absolute Gasteiger partial charge is 0.373 e. The molecule has 0 saturated carbocycles. The molecule has 0 saturated heterocycles. The smallest absolute Gasteiger partial charge is 0.188 e. The van der Waals surface area contributed by atoms with Crippen molar-refractivity contribution in [1.29, 1.82) is 0 Å². The van der Waals surface area contributed by atoms with Crippen molar-refractivity contribution in [2.24, 2.45) is 0 Å². The van der Waals surface area contributed by atoms with Crippen molar-refractivity contribution in [2.45, 2.75) is 20.3 Å². The summed E-state index contributed by atoms with van der Waals surface area (Å²) in [6.45, 7) is 8.43. The number of Topliss-reactive ketones (excluding diaryl/α,β-unsaturated/α-hetero) is 1. The number of ketones is 1. The summed E-state index contributed by atoms with van der Waals surface area (Å²) in [5.41, 5.74) is 2.93. The first-order valence-electron chi connectivity index (χ1n) is 5.41. The lowest BCUT2D eigenvalue weighted by Crippen LogP contribution is -2.09. The van der Waals surface area contributed by atoms with Crippen LogP contribution in [0.4, 0.5) is 0 Å². The quantitative estimate of drug-likeness (QED) is 0.416. The van der Waals surface area contributed by atoms with E-state index in [2.05, 4.69) is 6.58 Å². The molecule has 0 bridgehead atoms. The van der Waals surface area contributed by atoms with E-state index < -0.39 is 0 Å². The van der Waals surface area contributed by atoms with Gasteiger partial charge in [0.25, 0.3) is 0 Å². The summed E-state index contributed by atoms with van der Waals surface area (Å²) in [7, 11) is 0. The summed E-state index contributed by atoms with van der Waals surface area (Å²) in [5.74, 6) is 0.0294. The van der Waals surface area contributed by atoms with Gasteiger partial charge in [-0.05, 0) is 20.3 Å². The summed E-state index contributed by atoms with van der Waals surface area (Å²) >= 11 is 0. The van der Waals surface area contributed by atoms with E-state index >= 15 is 0 Å². The fourth-order valence-electron chi connectivity index (χ4n) is 1.23. The number of ether oxygens (including phenoxy) is 1. The zero-order chi connectivity index (χ0) is 12.0. The summed E-state index contributed by atoms with van der Waals surface area (Å²) in [4.78, 5) is 11.7. The van der Waals surface area contributed by atoms with Gasteiger partial charge in [0.2, 0.25) is 0 Å². The van der Waals surface area contributed by atoms with Gasteiger partial charge in [-0.15, -0.1) is 6.58 Å². The predicted molar refractivity (Wildman–Crippen MR) is 65.8 cm³/mol. The Morgan fingerprint density at radius 2 is 1.94 bits per heavy atom. The van der Waals surface area contributed by atoms with E-state index in [0.717, 1.165) is 17.6 Å². The Balaban J connectivity index is 2.35. The van der Waals surface area contributed by atoms with E-state index in [1.807, 2.05) is 38.1 Å². The van der Waals surface area contributed by atoms with Gasteiger partial charge in [0.15, 0.2) is 5.78 Å². The zero-order valence-corrected chi connectivity index (χ0v) is 9.95. The molecule has 86 valence electrons. The summed E-state index contributed by atoms with van der Waals surface area (Å²) in [6, 6.07) is 7.53. The second-order valence-corrected chi connectivity index (χ2v) is 4.05. The van der Waals surface area contributed by atoms with Crippen LogP contribution in [0.1, 0.15) is 29.3 Å². The minimum atomic E-state index is 0.0294. The van der Waals surface area contributed by atoms with Crippen molar-refractivity contribution >= 4 is 5.78 Å². The van der Waals surface area contributed by atoms with Gasteiger partial charge in [-0.3, -0.25) is 4.79 Å². The molecule has 2 nitrogen and oxygen atoms in total. The summed E-state index contributed by atoms with van der Waals surface area (Å²) in [5, 5.41) is 0. The molecule has 0 amide bonds. The third-order valence-corrected chi connectivity index (χ3v) is 2.28. The lowest BCUT2D eigenvalue weighted by molar-refractivity contribution is 0.0765. The Hall–Kier alpha value is -1.41. The lowest BCUT2D eigenvalue weighted by atomic mass is 10.1. The molecule has 2 heteroatoms. The van der Waals surface area contributed by atoms with Gasteiger partial charge >= 0.3 is 0 Å². The van der Waals surface area contributed by atoms with Crippen LogP contribution < -0.4 is 0 Å². The highest BCUT2D eigenvalue weighted by atomic mass is 16.5. The number of carbonyl (C=O) groups excluding carboxylic acids is 1. The first kappa shape index (κ1) is 12.7. The van der Waals surface area contributed by atoms with Crippen molar-refractivity contribution in [3.63, 3.8) is 0 Å². The van der Waals surface area contributed by atoms with Crippen LogP contribution in [0.3, 0.4) is 0 Å². The molecule has 1 aromatic carbocycles. The normalized spacial score (nSPS) is 10.1. The van der Waals surface area contributed by atoms with Crippen molar-refractivity contribution in [1.82, 2.24) is 0 Å². The first-order valence-corrected chi connectivity index (χ1v) is 5.41. The molecule has 0 aliphatic carbocycles. The SMILES string of the molecule is C=C(C)CCOCC(=O)c1ccc(C)cc1. The molecule has 0 N–H and O–H groups in total. The summed E-state index contributed by atoms with van der Waals surface area (Å²) in [6.07, 6.45) is 0.807.